The van der Waals surface area contributed by atoms with Crippen LogP contribution in [0.25, 0.3) is 0 Å². The zero-order valence-corrected chi connectivity index (χ0v) is 11.1. The average molecular weight is 311 g/mol. The molecule has 0 spiro atoms. The highest BCUT2D eigenvalue weighted by atomic mass is 16.6. The van der Waals surface area contributed by atoms with Gasteiger partial charge in [0.2, 0.25) is 0 Å². The Hall–Kier alpha value is -2.88. The Balaban J connectivity index is 3.72. The van der Waals surface area contributed by atoms with Crippen LogP contribution in [0.2, 0.25) is 0 Å². The number of aliphatic hydroxyl groups is 1. The monoisotopic (exact) mass is 311 g/mol. The van der Waals surface area contributed by atoms with Crippen LogP contribution in [-0.2, 0) is 9.59 Å². The summed E-state index contributed by atoms with van der Waals surface area (Å²) < 4.78 is 0. The molecule has 10 nitrogen and oxygen atoms in total. The Morgan fingerprint density at radius 2 is 2.00 bits per heavy atom. The van der Waals surface area contributed by atoms with Crippen molar-refractivity contribution in [1.29, 1.82) is 0 Å². The number of hydrogen-bond acceptors (Lipinski definition) is 8. The lowest BCUT2D eigenvalue weighted by atomic mass is 9.71. The number of ketones is 1. The SMILES string of the molecule is C=CC(=O)C1C(C(=O)[O-])=CC([N+](=O)[O-])=CC1(CCO)[N+](=O)[O-]. The third-order valence-electron chi connectivity index (χ3n) is 3.30. The number of carbonyl (C=O) groups excluding carboxylic acids is 2. The maximum Gasteiger partial charge on any atom is 0.272 e. The van der Waals surface area contributed by atoms with Crippen LogP contribution in [0.3, 0.4) is 0 Å². The van der Waals surface area contributed by atoms with E-state index in [1.165, 1.54) is 0 Å². The Morgan fingerprint density at radius 1 is 1.41 bits per heavy atom. The van der Waals surface area contributed by atoms with Crippen LogP contribution >= 0.6 is 0 Å². The fourth-order valence-electron chi connectivity index (χ4n) is 2.34. The molecular weight excluding hydrogens is 300 g/mol. The first-order valence-corrected chi connectivity index (χ1v) is 5.93. The number of nitro groups is 2. The lowest BCUT2D eigenvalue weighted by Crippen LogP contribution is -2.53. The van der Waals surface area contributed by atoms with Crippen molar-refractivity contribution in [3.8, 4) is 0 Å². The first kappa shape index (κ1) is 17.2. The van der Waals surface area contributed by atoms with Crippen molar-refractivity contribution in [3.63, 3.8) is 0 Å². The second-order valence-corrected chi connectivity index (χ2v) is 4.47. The van der Waals surface area contributed by atoms with E-state index in [1.54, 1.807) is 0 Å². The van der Waals surface area contributed by atoms with Gasteiger partial charge in [0.1, 0.15) is 5.92 Å². The third-order valence-corrected chi connectivity index (χ3v) is 3.30. The maximum absolute atomic E-state index is 11.9. The van der Waals surface area contributed by atoms with Crippen molar-refractivity contribution in [3.05, 3.63) is 56.3 Å². The predicted octanol–water partition coefficient (Wildman–Crippen LogP) is -1.39. The van der Waals surface area contributed by atoms with Crippen molar-refractivity contribution in [2.24, 2.45) is 5.92 Å². The molecular formula is C12H11N2O8-. The molecule has 0 amide bonds. The summed E-state index contributed by atoms with van der Waals surface area (Å²) in [5.41, 5.74) is -4.23. The van der Waals surface area contributed by atoms with Gasteiger partial charge in [-0.3, -0.25) is 25.0 Å². The zero-order valence-electron chi connectivity index (χ0n) is 11.1. The molecule has 22 heavy (non-hydrogen) atoms. The van der Waals surface area contributed by atoms with Crippen LogP contribution in [0, 0.1) is 26.1 Å². The zero-order chi connectivity index (χ0) is 17.1. The van der Waals surface area contributed by atoms with Gasteiger partial charge in [0.25, 0.3) is 11.2 Å². The van der Waals surface area contributed by atoms with E-state index in [4.69, 9.17) is 5.11 Å². The van der Waals surface area contributed by atoms with Gasteiger partial charge < -0.3 is 15.0 Å². The lowest BCUT2D eigenvalue weighted by Gasteiger charge is -2.32. The highest BCUT2D eigenvalue weighted by molar-refractivity contribution is 6.02. The number of carboxylic acid groups (broad SMARTS) is 1. The summed E-state index contributed by atoms with van der Waals surface area (Å²) in [5, 5.41) is 42.5. The first-order chi connectivity index (χ1) is 10.2. The topological polar surface area (TPSA) is 164 Å². The number of carbonyl (C=O) groups is 2. The third kappa shape index (κ3) is 2.76. The van der Waals surface area contributed by atoms with E-state index in [-0.39, 0.29) is 0 Å². The Morgan fingerprint density at radius 3 is 2.36 bits per heavy atom. The first-order valence-electron chi connectivity index (χ1n) is 5.93. The van der Waals surface area contributed by atoms with Gasteiger partial charge in [-0.25, -0.2) is 0 Å². The van der Waals surface area contributed by atoms with E-state index in [0.717, 1.165) is 0 Å². The van der Waals surface area contributed by atoms with Gasteiger partial charge in [0, 0.05) is 17.4 Å². The Labute approximate surface area is 123 Å². The second kappa shape index (κ2) is 6.26. The van der Waals surface area contributed by atoms with Gasteiger partial charge in [0.15, 0.2) is 5.78 Å². The molecule has 0 heterocycles. The van der Waals surface area contributed by atoms with Gasteiger partial charge >= 0.3 is 0 Å². The van der Waals surface area contributed by atoms with Crippen LogP contribution in [0.5, 0.6) is 0 Å². The van der Waals surface area contributed by atoms with Crippen molar-refractivity contribution in [2.75, 3.05) is 6.61 Å². The van der Waals surface area contributed by atoms with Gasteiger partial charge in [-0.05, 0) is 11.6 Å². The molecule has 0 aromatic carbocycles. The molecule has 0 saturated heterocycles. The summed E-state index contributed by atoms with van der Waals surface area (Å²) in [6, 6.07) is 0. The van der Waals surface area contributed by atoms with Crippen molar-refractivity contribution >= 4 is 11.8 Å². The smallest absolute Gasteiger partial charge is 0.272 e. The summed E-state index contributed by atoms with van der Waals surface area (Å²) in [5.74, 6) is -4.84. The van der Waals surface area contributed by atoms with E-state index >= 15 is 0 Å². The highest BCUT2D eigenvalue weighted by Gasteiger charge is 2.56. The highest BCUT2D eigenvalue weighted by Crippen LogP contribution is 2.38. The van der Waals surface area contributed by atoms with Crippen molar-refractivity contribution < 1.29 is 29.6 Å². The summed E-state index contributed by atoms with van der Waals surface area (Å²) in [7, 11) is 0. The van der Waals surface area contributed by atoms with Gasteiger partial charge in [-0.2, -0.15) is 0 Å². The standard InChI is InChI=1S/C12H12N2O8/c1-2-9(16)10-8(11(17)18)5-7(13(19)20)6-12(10,3-4-15)14(21)22/h2,5-6,10,15H,1,3-4H2,(H,17,18)/p-1. The minimum Gasteiger partial charge on any atom is -0.545 e. The number of allylic oxidation sites excluding steroid dienone is 2. The Kier molecular flexibility index (Phi) is 4.89. The van der Waals surface area contributed by atoms with E-state index in [1.807, 2.05) is 0 Å². The molecule has 0 aliphatic heterocycles. The van der Waals surface area contributed by atoms with Gasteiger partial charge in [-0.1, -0.05) is 6.58 Å². The molecule has 0 radical (unpaired) electrons. The minimum absolute atomic E-state index is 0.542. The molecule has 1 rings (SSSR count). The number of carboxylic acids is 1. The van der Waals surface area contributed by atoms with Gasteiger partial charge in [-0.15, -0.1) is 0 Å². The molecule has 0 aromatic heterocycles. The molecule has 0 saturated carbocycles. The number of rotatable bonds is 7. The van der Waals surface area contributed by atoms with E-state index < -0.39 is 57.4 Å². The van der Waals surface area contributed by atoms with Crippen LogP contribution in [0.15, 0.2) is 36.1 Å². The molecule has 2 atom stereocenters. The maximum atomic E-state index is 11.9. The quantitative estimate of drug-likeness (QED) is 0.341. The van der Waals surface area contributed by atoms with Crippen LogP contribution in [-0.4, -0.2) is 38.9 Å². The largest absolute Gasteiger partial charge is 0.545 e. The molecule has 1 aliphatic carbocycles. The average Bonchev–Trinajstić information content (AvgIpc) is 2.45. The summed E-state index contributed by atoms with van der Waals surface area (Å²) in [4.78, 5) is 43.4. The molecule has 2 unspecified atom stereocenters. The molecule has 0 fully saturated rings. The summed E-state index contributed by atoms with van der Waals surface area (Å²) >= 11 is 0. The molecule has 1 N–H and O–H groups in total. The van der Waals surface area contributed by atoms with Gasteiger partial charge in [0.05, 0.1) is 23.6 Å². The fourth-order valence-corrected chi connectivity index (χ4v) is 2.34. The second-order valence-electron chi connectivity index (χ2n) is 4.47. The Bertz CT molecular complexity index is 621. The summed E-state index contributed by atoms with van der Waals surface area (Å²) in [6.45, 7) is 2.35. The lowest BCUT2D eigenvalue weighted by molar-refractivity contribution is -0.564. The van der Waals surface area contributed by atoms with E-state index in [9.17, 15) is 34.9 Å². The van der Waals surface area contributed by atoms with Crippen molar-refractivity contribution in [2.45, 2.75) is 12.0 Å². The van der Waals surface area contributed by atoms with E-state index in [0.29, 0.717) is 18.2 Å². The predicted molar refractivity (Wildman–Crippen MR) is 68.3 cm³/mol. The van der Waals surface area contributed by atoms with Crippen LogP contribution < -0.4 is 5.11 Å². The number of hydrogen-bond donors (Lipinski definition) is 1. The number of aliphatic carboxylic acids is 1. The minimum atomic E-state index is -2.47. The number of nitrogens with zero attached hydrogens (tertiary/aromatic N) is 2. The van der Waals surface area contributed by atoms with Crippen LogP contribution in [0.1, 0.15) is 6.42 Å². The van der Waals surface area contributed by atoms with Crippen molar-refractivity contribution in [1.82, 2.24) is 0 Å². The van der Waals surface area contributed by atoms with E-state index in [2.05, 4.69) is 6.58 Å². The molecule has 118 valence electrons. The molecule has 0 aromatic rings. The number of aliphatic hydroxyl groups excluding tert-OH is 1. The van der Waals surface area contributed by atoms with Crippen LogP contribution in [0.4, 0.5) is 0 Å². The molecule has 1 aliphatic rings. The molecule has 0 bridgehead atoms. The molecule has 10 heteroatoms. The fraction of sp³-hybridized carbons (Fsp3) is 0.333. The normalized spacial score (nSPS) is 24.0. The summed E-state index contributed by atoms with van der Waals surface area (Å²) in [6.07, 6.45) is 1.11.